The molecule has 0 bridgehead atoms. The fourth-order valence-electron chi connectivity index (χ4n) is 2.66. The largest absolute Gasteiger partial charge is 0.496 e. The summed E-state index contributed by atoms with van der Waals surface area (Å²) in [6.45, 7) is 5.77. The molecule has 0 N–H and O–H groups in total. The minimum Gasteiger partial charge on any atom is -0.407 e. The number of benzene rings is 1. The van der Waals surface area contributed by atoms with Gasteiger partial charge < -0.3 is 9.31 Å². The molecule has 1 aliphatic heterocycles. The Morgan fingerprint density at radius 2 is 1.71 bits per heavy atom. The quantitative estimate of drug-likeness (QED) is 0.716. The highest BCUT2D eigenvalue weighted by Crippen LogP contribution is 2.23. The van der Waals surface area contributed by atoms with E-state index in [4.69, 9.17) is 32.5 Å². The van der Waals surface area contributed by atoms with E-state index in [0.717, 1.165) is 30.3 Å². The van der Waals surface area contributed by atoms with Crippen LogP contribution < -0.4 is 5.46 Å². The van der Waals surface area contributed by atoms with Crippen LogP contribution in [0.2, 0.25) is 10.0 Å². The van der Waals surface area contributed by atoms with E-state index in [2.05, 4.69) is 13.8 Å². The Morgan fingerprint density at radius 3 is 2.24 bits per heavy atom. The van der Waals surface area contributed by atoms with Gasteiger partial charge in [-0.15, -0.1) is 0 Å². The summed E-state index contributed by atoms with van der Waals surface area (Å²) < 4.78 is 11.7. The van der Waals surface area contributed by atoms with E-state index in [0.29, 0.717) is 29.2 Å². The number of aryl methyl sites for hydroxylation is 1. The number of halogens is 2. The highest BCUT2D eigenvalue weighted by molar-refractivity contribution is 6.68. The van der Waals surface area contributed by atoms with E-state index in [1.807, 2.05) is 12.1 Å². The van der Waals surface area contributed by atoms with Gasteiger partial charge in [0, 0.05) is 34.6 Å². The SMILES string of the molecule is CCCCC1COB(c2c(Cl)cc(CCC)cc2Cl)OC1. The van der Waals surface area contributed by atoms with Crippen molar-refractivity contribution in [3.8, 4) is 0 Å². The van der Waals surface area contributed by atoms with Crippen LogP contribution in [-0.2, 0) is 15.7 Å². The fourth-order valence-corrected chi connectivity index (χ4v) is 3.37. The van der Waals surface area contributed by atoms with Crippen LogP contribution in [0.15, 0.2) is 12.1 Å². The standard InChI is InChI=1S/C16H23BCl2O2/c1-3-5-7-13-10-20-17(21-11-13)16-14(18)8-12(6-4-2)9-15(16)19/h8-9,13H,3-7,10-11H2,1-2H3. The molecule has 0 saturated carbocycles. The third-order valence-electron chi connectivity index (χ3n) is 3.85. The van der Waals surface area contributed by atoms with E-state index in [1.165, 1.54) is 12.8 Å². The zero-order valence-corrected chi connectivity index (χ0v) is 14.3. The number of hydrogen-bond acceptors (Lipinski definition) is 2. The molecular weight excluding hydrogens is 306 g/mol. The van der Waals surface area contributed by atoms with Gasteiger partial charge in [-0.05, 0) is 30.5 Å². The molecule has 1 saturated heterocycles. The lowest BCUT2D eigenvalue weighted by atomic mass is 9.76. The second-order valence-electron chi connectivity index (χ2n) is 5.73. The summed E-state index contributed by atoms with van der Waals surface area (Å²) in [6, 6.07) is 3.95. The molecular formula is C16H23BCl2O2. The smallest absolute Gasteiger partial charge is 0.407 e. The lowest BCUT2D eigenvalue weighted by molar-refractivity contribution is 0.0813. The summed E-state index contributed by atoms with van der Waals surface area (Å²) in [5.41, 5.74) is 1.93. The zero-order chi connectivity index (χ0) is 15.2. The Morgan fingerprint density at radius 1 is 1.10 bits per heavy atom. The minimum atomic E-state index is -0.432. The molecule has 1 aromatic carbocycles. The average molecular weight is 329 g/mol. The highest BCUT2D eigenvalue weighted by atomic mass is 35.5. The van der Waals surface area contributed by atoms with Crippen LogP contribution in [0.1, 0.15) is 45.1 Å². The topological polar surface area (TPSA) is 18.5 Å². The van der Waals surface area contributed by atoms with Crippen LogP contribution >= 0.6 is 23.2 Å². The van der Waals surface area contributed by atoms with Crippen LogP contribution in [0.3, 0.4) is 0 Å². The van der Waals surface area contributed by atoms with Gasteiger partial charge in [0.15, 0.2) is 0 Å². The first-order chi connectivity index (χ1) is 10.2. The van der Waals surface area contributed by atoms with Gasteiger partial charge in [0.05, 0.1) is 0 Å². The Labute approximate surface area is 138 Å². The van der Waals surface area contributed by atoms with Crippen molar-refractivity contribution in [1.29, 1.82) is 0 Å². The predicted molar refractivity (Wildman–Crippen MR) is 90.8 cm³/mol. The lowest BCUT2D eigenvalue weighted by Gasteiger charge is -2.28. The first-order valence-electron chi connectivity index (χ1n) is 7.86. The molecule has 5 heteroatoms. The first kappa shape index (κ1) is 17.1. The Hall–Kier alpha value is -0.215. The fraction of sp³-hybridized carbons (Fsp3) is 0.625. The summed E-state index contributed by atoms with van der Waals surface area (Å²) >= 11 is 12.8. The van der Waals surface area contributed by atoms with Crippen LogP contribution in [0.4, 0.5) is 0 Å². The van der Waals surface area contributed by atoms with Gasteiger partial charge in [-0.1, -0.05) is 56.3 Å². The van der Waals surface area contributed by atoms with E-state index < -0.39 is 7.12 Å². The van der Waals surface area contributed by atoms with Crippen molar-refractivity contribution >= 4 is 35.8 Å². The molecule has 0 aromatic heterocycles. The molecule has 21 heavy (non-hydrogen) atoms. The molecule has 1 fully saturated rings. The Balaban J connectivity index is 2.03. The molecule has 0 unspecified atom stereocenters. The molecule has 1 aromatic rings. The van der Waals surface area contributed by atoms with Gasteiger partial charge in [-0.3, -0.25) is 0 Å². The molecule has 0 aliphatic carbocycles. The molecule has 2 nitrogen and oxygen atoms in total. The molecule has 0 spiro atoms. The van der Waals surface area contributed by atoms with Crippen molar-refractivity contribution in [2.45, 2.75) is 46.0 Å². The lowest BCUT2D eigenvalue weighted by Crippen LogP contribution is -2.45. The van der Waals surface area contributed by atoms with Gasteiger partial charge in [0.25, 0.3) is 0 Å². The molecule has 116 valence electrons. The van der Waals surface area contributed by atoms with Gasteiger partial charge in [0.1, 0.15) is 0 Å². The predicted octanol–water partition coefficient (Wildman–Crippen LogP) is 4.49. The maximum atomic E-state index is 6.38. The van der Waals surface area contributed by atoms with Crippen molar-refractivity contribution in [3.05, 3.63) is 27.7 Å². The van der Waals surface area contributed by atoms with Crippen molar-refractivity contribution in [1.82, 2.24) is 0 Å². The van der Waals surface area contributed by atoms with Crippen molar-refractivity contribution in [2.24, 2.45) is 5.92 Å². The zero-order valence-electron chi connectivity index (χ0n) is 12.8. The monoisotopic (exact) mass is 328 g/mol. The van der Waals surface area contributed by atoms with E-state index in [9.17, 15) is 0 Å². The maximum absolute atomic E-state index is 6.38. The molecule has 0 radical (unpaired) electrons. The van der Waals surface area contributed by atoms with E-state index >= 15 is 0 Å². The number of rotatable bonds is 6. The van der Waals surface area contributed by atoms with E-state index in [-0.39, 0.29) is 0 Å². The highest BCUT2D eigenvalue weighted by Gasteiger charge is 2.32. The van der Waals surface area contributed by atoms with E-state index in [1.54, 1.807) is 0 Å². The second-order valence-corrected chi connectivity index (χ2v) is 6.54. The van der Waals surface area contributed by atoms with Crippen LogP contribution in [0, 0.1) is 5.92 Å². The third kappa shape index (κ3) is 4.62. The number of hydrogen-bond donors (Lipinski definition) is 0. The van der Waals surface area contributed by atoms with Crippen LogP contribution in [-0.4, -0.2) is 20.3 Å². The van der Waals surface area contributed by atoms with Crippen LogP contribution in [0.5, 0.6) is 0 Å². The number of unbranched alkanes of at least 4 members (excludes halogenated alkanes) is 1. The maximum Gasteiger partial charge on any atom is 0.496 e. The minimum absolute atomic E-state index is 0.432. The average Bonchev–Trinajstić information content (AvgIpc) is 2.46. The summed E-state index contributed by atoms with van der Waals surface area (Å²) in [5, 5.41) is 1.28. The van der Waals surface area contributed by atoms with Crippen molar-refractivity contribution in [3.63, 3.8) is 0 Å². The Bertz CT molecular complexity index is 437. The summed E-state index contributed by atoms with van der Waals surface area (Å²) in [5.74, 6) is 0.484. The Kier molecular flexibility index (Phi) is 6.88. The van der Waals surface area contributed by atoms with Gasteiger partial charge in [0.2, 0.25) is 0 Å². The molecule has 0 amide bonds. The molecule has 1 heterocycles. The normalized spacial score (nSPS) is 16.5. The van der Waals surface area contributed by atoms with Gasteiger partial charge >= 0.3 is 7.12 Å². The molecule has 2 rings (SSSR count). The summed E-state index contributed by atoms with van der Waals surface area (Å²) in [4.78, 5) is 0. The van der Waals surface area contributed by atoms with Gasteiger partial charge in [-0.25, -0.2) is 0 Å². The third-order valence-corrected chi connectivity index (χ3v) is 4.47. The van der Waals surface area contributed by atoms with Crippen molar-refractivity contribution < 1.29 is 9.31 Å². The first-order valence-corrected chi connectivity index (χ1v) is 8.62. The summed E-state index contributed by atoms with van der Waals surface area (Å²) in [6.07, 6.45) is 5.62. The van der Waals surface area contributed by atoms with Crippen molar-refractivity contribution in [2.75, 3.05) is 13.2 Å². The molecule has 1 aliphatic rings. The van der Waals surface area contributed by atoms with Crippen LogP contribution in [0.25, 0.3) is 0 Å². The second kappa shape index (κ2) is 8.43. The molecule has 0 atom stereocenters. The summed E-state index contributed by atoms with van der Waals surface area (Å²) in [7, 11) is -0.432. The van der Waals surface area contributed by atoms with Gasteiger partial charge in [-0.2, -0.15) is 0 Å².